The summed E-state index contributed by atoms with van der Waals surface area (Å²) in [7, 11) is 0. The summed E-state index contributed by atoms with van der Waals surface area (Å²) >= 11 is 1.64. The maximum atomic E-state index is 9.40. The molecule has 4 nitrogen and oxygen atoms in total. The van der Waals surface area contributed by atoms with Gasteiger partial charge in [0.15, 0.2) is 0 Å². The van der Waals surface area contributed by atoms with E-state index in [9.17, 15) is 5.11 Å². The van der Waals surface area contributed by atoms with Crippen LogP contribution in [-0.2, 0) is 4.74 Å². The molecule has 1 fully saturated rings. The first kappa shape index (κ1) is 11.9. The van der Waals surface area contributed by atoms with Crippen molar-refractivity contribution < 1.29 is 9.84 Å². The normalized spacial score (nSPS) is 17.6. The van der Waals surface area contributed by atoms with E-state index in [4.69, 9.17) is 4.74 Å². The van der Waals surface area contributed by atoms with Gasteiger partial charge in [0, 0.05) is 21.9 Å². The number of fused-ring (bicyclic) bond motifs is 1. The van der Waals surface area contributed by atoms with Gasteiger partial charge in [-0.25, -0.2) is 0 Å². The maximum absolute atomic E-state index is 9.40. The standard InChI is InChI=1S/C13H14N2O2S/c16-6-13(7-17-8-13)9-18-12-11-4-2-1-3-10(11)5-14-15-12/h1-5,16H,6-9H2. The Balaban J connectivity index is 1.82. The van der Waals surface area contributed by atoms with Gasteiger partial charge in [0.05, 0.1) is 26.0 Å². The molecule has 1 N–H and O–H groups in total. The summed E-state index contributed by atoms with van der Waals surface area (Å²) in [4.78, 5) is 0. The Morgan fingerprint density at radius 1 is 1.33 bits per heavy atom. The van der Waals surface area contributed by atoms with Crippen LogP contribution in [0.5, 0.6) is 0 Å². The number of benzene rings is 1. The zero-order valence-corrected chi connectivity index (χ0v) is 10.7. The molecular formula is C13H14N2O2S. The van der Waals surface area contributed by atoms with Crippen LogP contribution in [0.15, 0.2) is 35.5 Å². The number of nitrogens with zero attached hydrogens (tertiary/aromatic N) is 2. The first-order valence-corrected chi connectivity index (χ1v) is 6.83. The number of aliphatic hydroxyl groups excluding tert-OH is 1. The average Bonchev–Trinajstić information content (AvgIpc) is 2.38. The average molecular weight is 262 g/mol. The summed E-state index contributed by atoms with van der Waals surface area (Å²) in [5.74, 6) is 0.812. The zero-order chi connectivity index (χ0) is 12.4. The number of hydrogen-bond donors (Lipinski definition) is 1. The summed E-state index contributed by atoms with van der Waals surface area (Å²) < 4.78 is 5.20. The van der Waals surface area contributed by atoms with Crippen LogP contribution in [0.25, 0.3) is 10.8 Å². The van der Waals surface area contributed by atoms with Crippen LogP contribution < -0.4 is 0 Å². The Kier molecular flexibility index (Phi) is 3.20. The fraction of sp³-hybridized carbons (Fsp3) is 0.385. The Labute approximate surface area is 109 Å². The fourth-order valence-electron chi connectivity index (χ4n) is 1.94. The Morgan fingerprint density at radius 3 is 2.89 bits per heavy atom. The highest BCUT2D eigenvalue weighted by molar-refractivity contribution is 7.99. The highest BCUT2D eigenvalue weighted by Crippen LogP contribution is 2.35. The Morgan fingerprint density at radius 2 is 2.17 bits per heavy atom. The third kappa shape index (κ3) is 2.09. The van der Waals surface area contributed by atoms with Crippen molar-refractivity contribution in [1.29, 1.82) is 0 Å². The summed E-state index contributed by atoms with van der Waals surface area (Å²) in [6.07, 6.45) is 1.77. The van der Waals surface area contributed by atoms with Crippen molar-refractivity contribution in [3.63, 3.8) is 0 Å². The molecule has 0 bridgehead atoms. The molecule has 3 rings (SSSR count). The lowest BCUT2D eigenvalue weighted by Crippen LogP contribution is -2.47. The number of ether oxygens (including phenoxy) is 1. The van der Waals surface area contributed by atoms with Gasteiger partial charge in [0.2, 0.25) is 0 Å². The van der Waals surface area contributed by atoms with E-state index in [0.29, 0.717) is 13.2 Å². The van der Waals surface area contributed by atoms with Crippen LogP contribution in [0.2, 0.25) is 0 Å². The molecule has 1 aliphatic heterocycles. The van der Waals surface area contributed by atoms with E-state index < -0.39 is 0 Å². The molecule has 94 valence electrons. The molecule has 0 unspecified atom stereocenters. The predicted octanol–water partition coefficient (Wildman–Crippen LogP) is 1.73. The second-order valence-electron chi connectivity index (χ2n) is 4.68. The minimum atomic E-state index is -0.0940. The van der Waals surface area contributed by atoms with Crippen molar-refractivity contribution in [1.82, 2.24) is 10.2 Å². The van der Waals surface area contributed by atoms with E-state index in [1.807, 2.05) is 18.2 Å². The summed E-state index contributed by atoms with van der Waals surface area (Å²) in [5.41, 5.74) is -0.0940. The molecule has 5 heteroatoms. The largest absolute Gasteiger partial charge is 0.396 e. The summed E-state index contributed by atoms with van der Waals surface area (Å²) in [6.45, 7) is 1.43. The van der Waals surface area contributed by atoms with Crippen molar-refractivity contribution in [2.45, 2.75) is 5.03 Å². The second kappa shape index (κ2) is 4.84. The second-order valence-corrected chi connectivity index (χ2v) is 5.64. The topological polar surface area (TPSA) is 55.2 Å². The van der Waals surface area contributed by atoms with Crippen molar-refractivity contribution in [2.75, 3.05) is 25.6 Å². The molecule has 0 radical (unpaired) electrons. The third-order valence-electron chi connectivity index (χ3n) is 3.20. The SMILES string of the molecule is OCC1(CSc2nncc3ccccc23)COC1. The molecule has 0 aliphatic carbocycles. The first-order valence-electron chi connectivity index (χ1n) is 5.85. The third-order valence-corrected chi connectivity index (χ3v) is 4.54. The van der Waals surface area contributed by atoms with Gasteiger partial charge in [-0.1, -0.05) is 24.3 Å². The van der Waals surface area contributed by atoms with Crippen LogP contribution in [0.4, 0.5) is 0 Å². The van der Waals surface area contributed by atoms with Crippen LogP contribution in [-0.4, -0.2) is 40.9 Å². The van der Waals surface area contributed by atoms with E-state index in [0.717, 1.165) is 21.6 Å². The van der Waals surface area contributed by atoms with E-state index in [1.54, 1.807) is 18.0 Å². The molecule has 0 spiro atoms. The molecule has 2 aromatic rings. The Bertz CT molecular complexity index is 547. The smallest absolute Gasteiger partial charge is 0.127 e. The van der Waals surface area contributed by atoms with Gasteiger partial charge in [-0.3, -0.25) is 0 Å². The number of aromatic nitrogens is 2. The zero-order valence-electron chi connectivity index (χ0n) is 9.87. The van der Waals surface area contributed by atoms with Gasteiger partial charge in [0.1, 0.15) is 5.03 Å². The van der Waals surface area contributed by atoms with Crippen molar-refractivity contribution in [2.24, 2.45) is 5.41 Å². The summed E-state index contributed by atoms with van der Waals surface area (Å²) in [6, 6.07) is 8.08. The van der Waals surface area contributed by atoms with Crippen molar-refractivity contribution in [3.8, 4) is 0 Å². The van der Waals surface area contributed by atoms with E-state index in [1.165, 1.54) is 0 Å². The lowest BCUT2D eigenvalue weighted by molar-refractivity contribution is -0.121. The molecule has 0 amide bonds. The highest BCUT2D eigenvalue weighted by atomic mass is 32.2. The van der Waals surface area contributed by atoms with E-state index in [2.05, 4.69) is 16.3 Å². The number of thioether (sulfide) groups is 1. The molecule has 1 aliphatic rings. The minimum absolute atomic E-state index is 0.0940. The Hall–Kier alpha value is -1.17. The lowest BCUT2D eigenvalue weighted by atomic mass is 9.90. The molecule has 0 saturated carbocycles. The van der Waals surface area contributed by atoms with Gasteiger partial charge in [-0.15, -0.1) is 16.9 Å². The van der Waals surface area contributed by atoms with Crippen LogP contribution in [0.1, 0.15) is 0 Å². The summed E-state index contributed by atoms with van der Waals surface area (Å²) in [5, 5.41) is 20.7. The monoisotopic (exact) mass is 262 g/mol. The molecular weight excluding hydrogens is 248 g/mol. The number of aliphatic hydroxyl groups is 1. The van der Waals surface area contributed by atoms with Gasteiger partial charge in [-0.05, 0) is 0 Å². The number of rotatable bonds is 4. The fourth-order valence-corrected chi connectivity index (χ4v) is 3.09. The van der Waals surface area contributed by atoms with Gasteiger partial charge in [0.25, 0.3) is 0 Å². The minimum Gasteiger partial charge on any atom is -0.396 e. The molecule has 1 saturated heterocycles. The first-order chi connectivity index (χ1) is 8.83. The van der Waals surface area contributed by atoms with Crippen LogP contribution in [0.3, 0.4) is 0 Å². The predicted molar refractivity (Wildman–Crippen MR) is 70.6 cm³/mol. The van der Waals surface area contributed by atoms with Crippen LogP contribution >= 0.6 is 11.8 Å². The maximum Gasteiger partial charge on any atom is 0.127 e. The molecule has 2 heterocycles. The van der Waals surface area contributed by atoms with E-state index >= 15 is 0 Å². The van der Waals surface area contributed by atoms with Crippen LogP contribution in [0, 0.1) is 5.41 Å². The molecule has 18 heavy (non-hydrogen) atoms. The molecule has 1 aromatic carbocycles. The molecule has 1 aromatic heterocycles. The van der Waals surface area contributed by atoms with Crippen molar-refractivity contribution in [3.05, 3.63) is 30.5 Å². The van der Waals surface area contributed by atoms with E-state index in [-0.39, 0.29) is 12.0 Å². The highest BCUT2D eigenvalue weighted by Gasteiger charge is 2.38. The lowest BCUT2D eigenvalue weighted by Gasteiger charge is -2.39. The van der Waals surface area contributed by atoms with Crippen molar-refractivity contribution >= 4 is 22.5 Å². The van der Waals surface area contributed by atoms with Gasteiger partial charge < -0.3 is 9.84 Å². The molecule has 0 atom stereocenters. The van der Waals surface area contributed by atoms with Gasteiger partial charge in [-0.2, -0.15) is 5.10 Å². The quantitative estimate of drug-likeness (QED) is 0.850. The number of hydrogen-bond acceptors (Lipinski definition) is 5. The van der Waals surface area contributed by atoms with Gasteiger partial charge >= 0.3 is 0 Å².